The Morgan fingerprint density at radius 1 is 1.37 bits per heavy atom. The molecule has 1 aromatic heterocycles. The fourth-order valence-electron chi connectivity index (χ4n) is 1.80. The van der Waals surface area contributed by atoms with E-state index < -0.39 is 10.0 Å². The van der Waals surface area contributed by atoms with Crippen LogP contribution in [0.5, 0.6) is 0 Å². The zero-order chi connectivity index (χ0) is 14.5. The number of pyridine rings is 1. The van der Waals surface area contributed by atoms with Crippen LogP contribution in [0.4, 0.5) is 0 Å². The molecule has 1 atom stereocenters. The number of nitrogens with two attached hydrogens (primary N) is 1. The number of hydrogen-bond donors (Lipinski definition) is 2. The molecule has 0 spiro atoms. The molecule has 6 heteroatoms. The van der Waals surface area contributed by atoms with Gasteiger partial charge in [0.2, 0.25) is 10.0 Å². The smallest absolute Gasteiger partial charge is 0.239 e. The molecule has 3 N–H and O–H groups in total. The highest BCUT2D eigenvalue weighted by Crippen LogP contribution is 2.11. The molecule has 0 fully saturated rings. The molecule has 1 aromatic rings. The molecule has 0 radical (unpaired) electrons. The molecule has 0 saturated carbocycles. The van der Waals surface area contributed by atoms with Crippen molar-refractivity contribution in [1.29, 1.82) is 0 Å². The SMILES string of the molecule is CCCNC(Cc1ccc(S(N)(=O)=O)cn1)C(C)C. The van der Waals surface area contributed by atoms with Crippen molar-refractivity contribution in [3.05, 3.63) is 24.0 Å². The van der Waals surface area contributed by atoms with Crippen LogP contribution in [-0.2, 0) is 16.4 Å². The first-order chi connectivity index (χ1) is 8.84. The fourth-order valence-corrected chi connectivity index (χ4v) is 2.26. The summed E-state index contributed by atoms with van der Waals surface area (Å²) >= 11 is 0. The van der Waals surface area contributed by atoms with Crippen LogP contribution < -0.4 is 10.5 Å². The number of primary sulfonamides is 1. The first-order valence-corrected chi connectivity index (χ1v) is 8.10. The van der Waals surface area contributed by atoms with Gasteiger partial charge >= 0.3 is 0 Å². The van der Waals surface area contributed by atoms with Crippen molar-refractivity contribution >= 4 is 10.0 Å². The summed E-state index contributed by atoms with van der Waals surface area (Å²) in [4.78, 5) is 4.23. The van der Waals surface area contributed by atoms with Gasteiger partial charge in [-0.1, -0.05) is 20.8 Å². The first-order valence-electron chi connectivity index (χ1n) is 6.55. The Morgan fingerprint density at radius 2 is 2.05 bits per heavy atom. The predicted octanol–water partition coefficient (Wildman–Crippen LogP) is 1.30. The summed E-state index contributed by atoms with van der Waals surface area (Å²) in [6.45, 7) is 7.42. The van der Waals surface area contributed by atoms with Crippen molar-refractivity contribution in [2.45, 2.75) is 44.6 Å². The molecular weight excluding hydrogens is 262 g/mol. The van der Waals surface area contributed by atoms with Crippen LogP contribution in [0.25, 0.3) is 0 Å². The van der Waals surface area contributed by atoms with Crippen molar-refractivity contribution in [1.82, 2.24) is 10.3 Å². The van der Waals surface area contributed by atoms with Gasteiger partial charge in [-0.15, -0.1) is 0 Å². The van der Waals surface area contributed by atoms with Crippen molar-refractivity contribution in [2.75, 3.05) is 6.54 Å². The number of hydrogen-bond acceptors (Lipinski definition) is 4. The van der Waals surface area contributed by atoms with E-state index in [-0.39, 0.29) is 4.90 Å². The molecule has 0 aliphatic heterocycles. The maximum atomic E-state index is 11.1. The van der Waals surface area contributed by atoms with E-state index in [2.05, 4.69) is 31.1 Å². The third-order valence-corrected chi connectivity index (χ3v) is 3.92. The topological polar surface area (TPSA) is 85.1 Å². The Kier molecular flexibility index (Phi) is 5.90. The number of nitrogens with zero attached hydrogens (tertiary/aromatic N) is 1. The summed E-state index contributed by atoms with van der Waals surface area (Å²) in [7, 11) is -3.66. The molecule has 0 aromatic carbocycles. The molecular formula is C13H23N3O2S. The summed E-state index contributed by atoms with van der Waals surface area (Å²) in [5.74, 6) is 0.492. The first kappa shape index (κ1) is 16.1. The Labute approximate surface area is 115 Å². The van der Waals surface area contributed by atoms with E-state index >= 15 is 0 Å². The molecule has 5 nitrogen and oxygen atoms in total. The summed E-state index contributed by atoms with van der Waals surface area (Å²) < 4.78 is 22.3. The molecule has 19 heavy (non-hydrogen) atoms. The highest BCUT2D eigenvalue weighted by atomic mass is 32.2. The maximum absolute atomic E-state index is 11.1. The van der Waals surface area contributed by atoms with Crippen LogP contribution >= 0.6 is 0 Å². The highest BCUT2D eigenvalue weighted by molar-refractivity contribution is 7.89. The molecule has 0 saturated heterocycles. The minimum Gasteiger partial charge on any atom is -0.313 e. The van der Waals surface area contributed by atoms with Crippen LogP contribution in [-0.4, -0.2) is 26.0 Å². The van der Waals surface area contributed by atoms with Crippen molar-refractivity contribution in [3.63, 3.8) is 0 Å². The van der Waals surface area contributed by atoms with Gasteiger partial charge in [0, 0.05) is 24.4 Å². The van der Waals surface area contributed by atoms with Gasteiger partial charge in [-0.05, 0) is 31.0 Å². The van der Waals surface area contributed by atoms with Crippen LogP contribution in [0.3, 0.4) is 0 Å². The van der Waals surface area contributed by atoms with E-state index in [1.165, 1.54) is 12.3 Å². The van der Waals surface area contributed by atoms with Crippen molar-refractivity contribution in [3.8, 4) is 0 Å². The number of aromatic nitrogens is 1. The summed E-state index contributed by atoms with van der Waals surface area (Å²) in [5.41, 5.74) is 0.870. The van der Waals surface area contributed by atoms with E-state index in [0.717, 1.165) is 25.1 Å². The van der Waals surface area contributed by atoms with Crippen molar-refractivity contribution < 1.29 is 8.42 Å². The van der Waals surface area contributed by atoms with Gasteiger partial charge in [-0.2, -0.15) is 0 Å². The molecule has 0 amide bonds. The van der Waals surface area contributed by atoms with Gasteiger partial charge in [-0.3, -0.25) is 4.98 Å². The largest absolute Gasteiger partial charge is 0.313 e. The standard InChI is InChI=1S/C13H23N3O2S/c1-4-7-15-13(10(2)3)8-11-5-6-12(9-16-11)19(14,17)18/h5-6,9-10,13,15H,4,7-8H2,1-3H3,(H2,14,17,18). The number of rotatable bonds is 7. The van der Waals surface area contributed by atoms with Crippen LogP contribution in [0.2, 0.25) is 0 Å². The third-order valence-electron chi connectivity index (χ3n) is 3.02. The van der Waals surface area contributed by atoms with Gasteiger partial charge in [0.25, 0.3) is 0 Å². The van der Waals surface area contributed by atoms with Gasteiger partial charge in [0.05, 0.1) is 0 Å². The van der Waals surface area contributed by atoms with Crippen LogP contribution in [0.15, 0.2) is 23.2 Å². The Balaban J connectivity index is 2.75. The molecule has 1 heterocycles. The summed E-state index contributed by atoms with van der Waals surface area (Å²) in [5, 5.41) is 8.52. The number of sulfonamides is 1. The molecule has 0 aliphatic rings. The molecule has 0 bridgehead atoms. The van der Waals surface area contributed by atoms with E-state index in [1.54, 1.807) is 6.07 Å². The Hall–Kier alpha value is -0.980. The second kappa shape index (κ2) is 6.98. The molecule has 1 unspecified atom stereocenters. The van der Waals surface area contributed by atoms with E-state index in [0.29, 0.717) is 12.0 Å². The second-order valence-electron chi connectivity index (χ2n) is 5.04. The molecule has 1 rings (SSSR count). The van der Waals surface area contributed by atoms with E-state index in [1.807, 2.05) is 0 Å². The monoisotopic (exact) mass is 285 g/mol. The average molecular weight is 285 g/mol. The van der Waals surface area contributed by atoms with Gasteiger partial charge in [0.1, 0.15) is 4.90 Å². The Morgan fingerprint density at radius 3 is 2.47 bits per heavy atom. The Bertz CT molecular complexity index is 483. The summed E-state index contributed by atoms with van der Waals surface area (Å²) in [6, 6.07) is 3.57. The highest BCUT2D eigenvalue weighted by Gasteiger charge is 2.14. The number of nitrogens with one attached hydrogen (secondary N) is 1. The zero-order valence-electron chi connectivity index (χ0n) is 11.8. The predicted molar refractivity (Wildman–Crippen MR) is 76.2 cm³/mol. The van der Waals surface area contributed by atoms with Crippen molar-refractivity contribution in [2.24, 2.45) is 11.1 Å². The fraction of sp³-hybridized carbons (Fsp3) is 0.615. The van der Waals surface area contributed by atoms with Gasteiger partial charge in [-0.25, -0.2) is 13.6 Å². The van der Waals surface area contributed by atoms with E-state index in [9.17, 15) is 8.42 Å². The maximum Gasteiger partial charge on any atom is 0.239 e. The minimum atomic E-state index is -3.66. The van der Waals surface area contributed by atoms with Gasteiger partial charge in [0.15, 0.2) is 0 Å². The lowest BCUT2D eigenvalue weighted by atomic mass is 9.99. The second-order valence-corrected chi connectivity index (χ2v) is 6.60. The summed E-state index contributed by atoms with van der Waals surface area (Å²) in [6.07, 6.45) is 3.19. The lowest BCUT2D eigenvalue weighted by Gasteiger charge is -2.22. The van der Waals surface area contributed by atoms with Crippen LogP contribution in [0, 0.1) is 5.92 Å². The van der Waals surface area contributed by atoms with Crippen LogP contribution in [0.1, 0.15) is 32.9 Å². The third kappa shape index (κ3) is 5.26. The lowest BCUT2D eigenvalue weighted by molar-refractivity contribution is 0.394. The van der Waals surface area contributed by atoms with E-state index in [4.69, 9.17) is 5.14 Å². The molecule has 0 aliphatic carbocycles. The average Bonchev–Trinajstić information content (AvgIpc) is 2.33. The normalized spacial score (nSPS) is 13.7. The van der Waals surface area contributed by atoms with Gasteiger partial charge < -0.3 is 5.32 Å². The molecule has 108 valence electrons. The zero-order valence-corrected chi connectivity index (χ0v) is 12.6. The minimum absolute atomic E-state index is 0.0545. The lowest BCUT2D eigenvalue weighted by Crippen LogP contribution is -2.36. The quantitative estimate of drug-likeness (QED) is 0.790.